The average Bonchev–Trinajstić information content (AvgIpc) is 2.82. The molecule has 0 aliphatic heterocycles. The minimum Gasteiger partial charge on any atom is -0.508 e. The van der Waals surface area contributed by atoms with Gasteiger partial charge in [-0.1, -0.05) is 13.8 Å². The van der Waals surface area contributed by atoms with Crippen LogP contribution >= 0.6 is 11.3 Å². The molecule has 88 valence electrons. The van der Waals surface area contributed by atoms with Crippen molar-refractivity contribution in [3.63, 3.8) is 0 Å². The van der Waals surface area contributed by atoms with Crippen molar-refractivity contribution in [2.24, 2.45) is 0 Å². The highest BCUT2D eigenvalue weighted by Crippen LogP contribution is 2.43. The van der Waals surface area contributed by atoms with Gasteiger partial charge in [-0.3, -0.25) is 0 Å². The maximum absolute atomic E-state index is 9.29. The maximum Gasteiger partial charge on any atom is 0.123 e. The summed E-state index contributed by atoms with van der Waals surface area (Å²) in [6, 6.07) is 7.28. The summed E-state index contributed by atoms with van der Waals surface area (Å²) in [5, 5.41) is 10.4. The summed E-state index contributed by atoms with van der Waals surface area (Å²) in [5.41, 5.74) is 2.59. The number of benzene rings is 1. The van der Waals surface area contributed by atoms with Gasteiger partial charge in [0.25, 0.3) is 0 Å². The summed E-state index contributed by atoms with van der Waals surface area (Å²) in [4.78, 5) is 6.21. The van der Waals surface area contributed by atoms with Crippen LogP contribution in [0.15, 0.2) is 24.3 Å². The Kier molecular flexibility index (Phi) is 2.26. The van der Waals surface area contributed by atoms with E-state index in [1.165, 1.54) is 17.0 Å². The first-order chi connectivity index (χ1) is 8.06. The van der Waals surface area contributed by atoms with E-state index in [1.807, 2.05) is 12.1 Å². The Hall–Kier alpha value is -1.35. The van der Waals surface area contributed by atoms with Crippen LogP contribution in [0.1, 0.15) is 30.8 Å². The van der Waals surface area contributed by atoms with Gasteiger partial charge in [0.2, 0.25) is 0 Å². The van der Waals surface area contributed by atoms with Gasteiger partial charge in [-0.25, -0.2) is 4.98 Å². The Labute approximate surface area is 105 Å². The van der Waals surface area contributed by atoms with Crippen molar-refractivity contribution in [3.05, 3.63) is 34.8 Å². The van der Waals surface area contributed by atoms with Crippen LogP contribution in [0.3, 0.4) is 0 Å². The SMILES string of the molecule is CC1(C)CCc2sc(-c3ccc(O)cc3)nc21. The summed E-state index contributed by atoms with van der Waals surface area (Å²) >= 11 is 1.79. The molecule has 0 radical (unpaired) electrons. The van der Waals surface area contributed by atoms with Crippen molar-refractivity contribution >= 4 is 11.3 Å². The monoisotopic (exact) mass is 245 g/mol. The van der Waals surface area contributed by atoms with E-state index in [0.717, 1.165) is 17.0 Å². The quantitative estimate of drug-likeness (QED) is 0.830. The zero-order chi connectivity index (χ0) is 12.0. The van der Waals surface area contributed by atoms with Crippen molar-refractivity contribution in [2.45, 2.75) is 32.1 Å². The number of fused-ring (bicyclic) bond motifs is 1. The van der Waals surface area contributed by atoms with E-state index in [2.05, 4.69) is 13.8 Å². The van der Waals surface area contributed by atoms with Gasteiger partial charge >= 0.3 is 0 Å². The summed E-state index contributed by atoms with van der Waals surface area (Å²) < 4.78 is 0. The molecule has 1 aromatic carbocycles. The minimum absolute atomic E-state index is 0.223. The molecule has 1 aromatic heterocycles. The molecular weight excluding hydrogens is 230 g/mol. The number of aromatic nitrogens is 1. The molecule has 0 saturated carbocycles. The molecule has 0 unspecified atom stereocenters. The van der Waals surface area contributed by atoms with Gasteiger partial charge in [-0.2, -0.15) is 0 Å². The molecule has 2 aromatic rings. The molecule has 17 heavy (non-hydrogen) atoms. The summed E-state index contributed by atoms with van der Waals surface area (Å²) in [6.45, 7) is 4.53. The molecule has 0 bridgehead atoms. The Morgan fingerprint density at radius 3 is 2.59 bits per heavy atom. The van der Waals surface area contributed by atoms with Gasteiger partial charge in [0.1, 0.15) is 10.8 Å². The van der Waals surface area contributed by atoms with Gasteiger partial charge in [0.15, 0.2) is 0 Å². The van der Waals surface area contributed by atoms with Gasteiger partial charge < -0.3 is 5.11 Å². The predicted molar refractivity (Wildman–Crippen MR) is 70.6 cm³/mol. The first kappa shape index (κ1) is 10.8. The predicted octanol–water partition coefficient (Wildman–Crippen LogP) is 3.74. The lowest BCUT2D eigenvalue weighted by atomic mass is 9.91. The zero-order valence-electron chi connectivity index (χ0n) is 10.0. The van der Waals surface area contributed by atoms with Crippen molar-refractivity contribution in [3.8, 4) is 16.3 Å². The molecule has 2 nitrogen and oxygen atoms in total. The number of nitrogens with zero attached hydrogens (tertiary/aromatic N) is 1. The van der Waals surface area contributed by atoms with E-state index >= 15 is 0 Å². The lowest BCUT2D eigenvalue weighted by Gasteiger charge is -2.15. The van der Waals surface area contributed by atoms with Crippen LogP contribution in [-0.4, -0.2) is 10.1 Å². The molecule has 3 heteroatoms. The Morgan fingerprint density at radius 1 is 1.24 bits per heavy atom. The van der Waals surface area contributed by atoms with E-state index < -0.39 is 0 Å². The fourth-order valence-electron chi connectivity index (χ4n) is 2.32. The normalized spacial score (nSPS) is 17.1. The third kappa shape index (κ3) is 1.75. The van der Waals surface area contributed by atoms with Crippen molar-refractivity contribution < 1.29 is 5.11 Å². The molecule has 0 spiro atoms. The van der Waals surface area contributed by atoms with E-state index in [9.17, 15) is 5.11 Å². The fourth-order valence-corrected chi connectivity index (χ4v) is 3.57. The molecule has 0 atom stereocenters. The van der Waals surface area contributed by atoms with E-state index in [4.69, 9.17) is 4.98 Å². The van der Waals surface area contributed by atoms with E-state index in [0.29, 0.717) is 5.75 Å². The molecule has 0 amide bonds. The van der Waals surface area contributed by atoms with Gasteiger partial charge in [0.05, 0.1) is 5.69 Å². The third-order valence-corrected chi connectivity index (χ3v) is 4.59. The van der Waals surface area contributed by atoms with E-state index in [1.54, 1.807) is 23.5 Å². The van der Waals surface area contributed by atoms with Gasteiger partial charge in [-0.05, 0) is 37.1 Å². The Bertz CT molecular complexity index is 554. The van der Waals surface area contributed by atoms with Crippen LogP contribution < -0.4 is 0 Å². The number of aromatic hydroxyl groups is 1. The first-order valence-electron chi connectivity index (χ1n) is 5.86. The van der Waals surface area contributed by atoms with Crippen molar-refractivity contribution in [2.75, 3.05) is 0 Å². The van der Waals surface area contributed by atoms with Crippen LogP contribution in [0.2, 0.25) is 0 Å². The van der Waals surface area contributed by atoms with Crippen molar-refractivity contribution in [1.82, 2.24) is 4.98 Å². The highest BCUT2D eigenvalue weighted by molar-refractivity contribution is 7.15. The average molecular weight is 245 g/mol. The molecule has 1 aliphatic carbocycles. The highest BCUT2D eigenvalue weighted by atomic mass is 32.1. The first-order valence-corrected chi connectivity index (χ1v) is 6.67. The number of hydrogen-bond acceptors (Lipinski definition) is 3. The van der Waals surface area contributed by atoms with Crippen molar-refractivity contribution in [1.29, 1.82) is 0 Å². The second kappa shape index (κ2) is 3.57. The smallest absolute Gasteiger partial charge is 0.123 e. The number of phenolic OH excluding ortho intramolecular Hbond substituents is 1. The van der Waals surface area contributed by atoms with E-state index in [-0.39, 0.29) is 5.41 Å². The van der Waals surface area contributed by atoms with Crippen LogP contribution in [0.4, 0.5) is 0 Å². The molecule has 1 heterocycles. The van der Waals surface area contributed by atoms with Crippen LogP contribution in [0.25, 0.3) is 10.6 Å². The summed E-state index contributed by atoms with van der Waals surface area (Å²) in [5.74, 6) is 0.304. The number of aryl methyl sites for hydroxylation is 1. The lowest BCUT2D eigenvalue weighted by molar-refractivity contribution is 0.475. The fraction of sp³-hybridized carbons (Fsp3) is 0.357. The highest BCUT2D eigenvalue weighted by Gasteiger charge is 2.33. The van der Waals surface area contributed by atoms with Crippen LogP contribution in [0, 0.1) is 0 Å². The standard InChI is InChI=1S/C14H15NOS/c1-14(2)8-7-11-12(14)15-13(17-11)9-3-5-10(16)6-4-9/h3-6,16H,7-8H2,1-2H3. The Morgan fingerprint density at radius 2 is 1.94 bits per heavy atom. The molecule has 0 saturated heterocycles. The third-order valence-electron chi connectivity index (χ3n) is 3.43. The molecule has 1 aliphatic rings. The largest absolute Gasteiger partial charge is 0.508 e. The maximum atomic E-state index is 9.29. The number of thiazole rings is 1. The molecular formula is C14H15NOS. The number of phenols is 1. The summed E-state index contributed by atoms with van der Waals surface area (Å²) in [6.07, 6.45) is 2.36. The second-order valence-electron chi connectivity index (χ2n) is 5.22. The zero-order valence-corrected chi connectivity index (χ0v) is 10.8. The van der Waals surface area contributed by atoms with Gasteiger partial charge in [-0.15, -0.1) is 11.3 Å². The topological polar surface area (TPSA) is 33.1 Å². The summed E-state index contributed by atoms with van der Waals surface area (Å²) in [7, 11) is 0. The number of hydrogen-bond donors (Lipinski definition) is 1. The molecule has 0 fully saturated rings. The van der Waals surface area contributed by atoms with Gasteiger partial charge in [0, 0.05) is 15.9 Å². The van der Waals surface area contributed by atoms with Crippen LogP contribution in [0.5, 0.6) is 5.75 Å². The Balaban J connectivity index is 2.04. The molecule has 1 N–H and O–H groups in total. The molecule has 3 rings (SSSR count). The second-order valence-corrected chi connectivity index (χ2v) is 6.31. The minimum atomic E-state index is 0.223. The van der Waals surface area contributed by atoms with Crippen LogP contribution in [-0.2, 0) is 11.8 Å². The lowest BCUT2D eigenvalue weighted by Crippen LogP contribution is -2.12. The number of rotatable bonds is 1.